The van der Waals surface area contributed by atoms with Crippen molar-refractivity contribution in [1.29, 1.82) is 0 Å². The minimum Gasteiger partial charge on any atom is -0.287 e. The number of alkyl halides is 3. The van der Waals surface area contributed by atoms with Crippen molar-refractivity contribution in [2.45, 2.75) is 57.8 Å². The number of hydrogen-bond donors (Lipinski definition) is 1. The van der Waals surface area contributed by atoms with Gasteiger partial charge in [-0.1, -0.05) is 50.2 Å². The van der Waals surface area contributed by atoms with Crippen molar-refractivity contribution in [2.75, 3.05) is 0 Å². The van der Waals surface area contributed by atoms with E-state index in [9.17, 15) is 18.0 Å². The number of benzene rings is 2. The second-order valence-electron chi connectivity index (χ2n) is 7.82. The number of fused-ring (bicyclic) bond motifs is 1. The van der Waals surface area contributed by atoms with Crippen LogP contribution >= 0.6 is 0 Å². The number of rotatable bonds is 3. The van der Waals surface area contributed by atoms with Gasteiger partial charge in [0.1, 0.15) is 0 Å². The molecule has 1 amide bonds. The molecule has 0 spiro atoms. The van der Waals surface area contributed by atoms with Crippen LogP contribution in [-0.2, 0) is 4.79 Å². The normalized spacial score (nSPS) is 19.2. The van der Waals surface area contributed by atoms with Gasteiger partial charge >= 0.3 is 6.18 Å². The molecule has 1 N–H and O–H groups in total. The van der Waals surface area contributed by atoms with Gasteiger partial charge in [-0.3, -0.25) is 10.2 Å². The second kappa shape index (κ2) is 6.27. The van der Waals surface area contributed by atoms with Gasteiger partial charge in [-0.05, 0) is 41.7 Å². The molecule has 6 heteroatoms. The first-order valence-corrected chi connectivity index (χ1v) is 8.69. The molecule has 1 atom stereocenters. The molecular weight excluding hydrogens is 341 g/mol. The number of halogens is 3. The molecule has 0 aromatic heterocycles. The van der Waals surface area contributed by atoms with E-state index in [0.717, 1.165) is 16.0 Å². The molecule has 3 rings (SSSR count). The maximum Gasteiger partial charge on any atom is 0.409 e. The summed E-state index contributed by atoms with van der Waals surface area (Å²) in [5, 5.41) is 2.39. The van der Waals surface area contributed by atoms with Crippen molar-refractivity contribution in [1.82, 2.24) is 10.4 Å². The highest BCUT2D eigenvalue weighted by molar-refractivity contribution is 5.87. The van der Waals surface area contributed by atoms with E-state index < -0.39 is 23.7 Å². The highest BCUT2D eigenvalue weighted by atomic mass is 19.4. The topological polar surface area (TPSA) is 32.3 Å². The minimum absolute atomic E-state index is 0.0292. The first-order valence-electron chi connectivity index (χ1n) is 8.69. The van der Waals surface area contributed by atoms with Crippen LogP contribution in [-0.4, -0.2) is 22.6 Å². The third-order valence-electron chi connectivity index (χ3n) is 4.94. The largest absolute Gasteiger partial charge is 0.409 e. The lowest BCUT2D eigenvalue weighted by molar-refractivity contribution is -0.203. The Hall–Kier alpha value is -2.08. The van der Waals surface area contributed by atoms with Crippen LogP contribution in [0.15, 0.2) is 36.4 Å². The summed E-state index contributed by atoms with van der Waals surface area (Å²) in [5.41, 5.74) is 2.52. The van der Waals surface area contributed by atoms with Gasteiger partial charge in [0, 0.05) is 12.0 Å². The van der Waals surface area contributed by atoms with Crippen LogP contribution in [0.25, 0.3) is 10.8 Å². The number of nitrogens with zero attached hydrogens (tertiary/aromatic N) is 1. The zero-order valence-electron chi connectivity index (χ0n) is 15.3. The summed E-state index contributed by atoms with van der Waals surface area (Å²) < 4.78 is 42.6. The first-order chi connectivity index (χ1) is 12.0. The molecule has 0 bridgehead atoms. The Bertz CT molecular complexity index is 843. The molecule has 1 saturated heterocycles. The summed E-state index contributed by atoms with van der Waals surface area (Å²) in [4.78, 5) is 11.9. The van der Waals surface area contributed by atoms with Gasteiger partial charge in [0.05, 0.1) is 0 Å². The fraction of sp³-hybridized carbons (Fsp3) is 0.450. The second-order valence-corrected chi connectivity index (χ2v) is 7.82. The smallest absolute Gasteiger partial charge is 0.287 e. The van der Waals surface area contributed by atoms with E-state index >= 15 is 0 Å². The van der Waals surface area contributed by atoms with Crippen molar-refractivity contribution in [3.63, 3.8) is 0 Å². The average molecular weight is 364 g/mol. The minimum atomic E-state index is -4.53. The van der Waals surface area contributed by atoms with Crippen molar-refractivity contribution in [2.24, 2.45) is 0 Å². The predicted molar refractivity (Wildman–Crippen MR) is 95.5 cm³/mol. The Labute approximate surface area is 151 Å². The quantitative estimate of drug-likeness (QED) is 0.823. The Morgan fingerprint density at radius 3 is 2.35 bits per heavy atom. The molecule has 1 fully saturated rings. The number of carbonyl (C=O) groups is 1. The molecule has 0 saturated carbocycles. The van der Waals surface area contributed by atoms with E-state index in [0.29, 0.717) is 5.39 Å². The Balaban J connectivity index is 2.27. The Kier molecular flexibility index (Phi) is 4.51. The molecule has 3 nitrogen and oxygen atoms in total. The maximum atomic E-state index is 14.2. The van der Waals surface area contributed by atoms with Gasteiger partial charge < -0.3 is 0 Å². The molecule has 0 radical (unpaired) electrons. The third kappa shape index (κ3) is 3.30. The maximum absolute atomic E-state index is 14.2. The molecular formula is C20H23F3N2O. The molecule has 2 aromatic rings. The molecule has 2 aromatic carbocycles. The highest BCUT2D eigenvalue weighted by Gasteiger charge is 2.53. The lowest BCUT2D eigenvalue weighted by Crippen LogP contribution is -2.51. The highest BCUT2D eigenvalue weighted by Crippen LogP contribution is 2.45. The Morgan fingerprint density at radius 2 is 1.81 bits per heavy atom. The van der Waals surface area contributed by atoms with E-state index in [-0.39, 0.29) is 17.9 Å². The number of carbonyl (C=O) groups excluding carboxylic acids is 1. The number of hydrogen-bond acceptors (Lipinski definition) is 2. The fourth-order valence-electron chi connectivity index (χ4n) is 3.60. The number of nitrogens with one attached hydrogen (secondary N) is 1. The van der Waals surface area contributed by atoms with Crippen LogP contribution in [0, 0.1) is 0 Å². The summed E-state index contributed by atoms with van der Waals surface area (Å²) in [6.07, 6.45) is -4.51. The van der Waals surface area contributed by atoms with Crippen molar-refractivity contribution >= 4 is 16.7 Å². The van der Waals surface area contributed by atoms with Crippen LogP contribution in [0.4, 0.5) is 13.2 Å². The van der Waals surface area contributed by atoms with Crippen LogP contribution < -0.4 is 5.43 Å². The molecule has 1 aliphatic heterocycles. The number of hydrazine groups is 1. The molecule has 0 aliphatic carbocycles. The molecule has 0 unspecified atom stereocenters. The van der Waals surface area contributed by atoms with Crippen molar-refractivity contribution < 1.29 is 18.0 Å². The average Bonchev–Trinajstić information content (AvgIpc) is 2.78. The van der Waals surface area contributed by atoms with Crippen molar-refractivity contribution in [3.05, 3.63) is 47.5 Å². The summed E-state index contributed by atoms with van der Waals surface area (Å²) in [6.45, 7) is 7.21. The third-order valence-corrected chi connectivity index (χ3v) is 4.94. The summed E-state index contributed by atoms with van der Waals surface area (Å²) in [5.74, 6) is -0.304. The van der Waals surface area contributed by atoms with Gasteiger partial charge in [0.25, 0.3) is 0 Å². The van der Waals surface area contributed by atoms with Crippen LogP contribution in [0.1, 0.15) is 57.2 Å². The van der Waals surface area contributed by atoms with E-state index in [1.165, 1.54) is 0 Å². The lowest BCUT2D eigenvalue weighted by Gasteiger charge is -2.38. The molecule has 1 heterocycles. The van der Waals surface area contributed by atoms with Gasteiger partial charge in [-0.25, -0.2) is 0 Å². The van der Waals surface area contributed by atoms with Crippen molar-refractivity contribution in [3.8, 4) is 0 Å². The SMILES string of the molecule is CC(C)c1cc([C@H](N2NC(=O)CC2(C)C)C(F)(F)F)c2ccccc2c1. The van der Waals surface area contributed by atoms with Gasteiger partial charge in [-0.15, -0.1) is 0 Å². The fourth-order valence-corrected chi connectivity index (χ4v) is 3.60. The number of amides is 1. The van der Waals surface area contributed by atoms with Crippen LogP contribution in [0.2, 0.25) is 0 Å². The van der Waals surface area contributed by atoms with E-state index in [4.69, 9.17) is 0 Å². The van der Waals surface area contributed by atoms with E-state index in [2.05, 4.69) is 5.43 Å². The molecule has 26 heavy (non-hydrogen) atoms. The summed E-state index contributed by atoms with van der Waals surface area (Å²) >= 11 is 0. The van der Waals surface area contributed by atoms with Crippen LogP contribution in [0.3, 0.4) is 0 Å². The van der Waals surface area contributed by atoms with Crippen LogP contribution in [0.5, 0.6) is 0 Å². The van der Waals surface area contributed by atoms with Gasteiger partial charge in [0.15, 0.2) is 6.04 Å². The molecule has 1 aliphatic rings. The summed E-state index contributed by atoms with van der Waals surface area (Å²) in [7, 11) is 0. The lowest BCUT2D eigenvalue weighted by atomic mass is 9.90. The zero-order valence-corrected chi connectivity index (χ0v) is 15.3. The van der Waals surface area contributed by atoms with Gasteiger partial charge in [-0.2, -0.15) is 18.2 Å². The predicted octanol–water partition coefficient (Wildman–Crippen LogP) is 5.08. The molecule has 140 valence electrons. The monoisotopic (exact) mass is 364 g/mol. The Morgan fingerprint density at radius 1 is 1.15 bits per heavy atom. The first kappa shape index (κ1) is 18.7. The zero-order chi connectivity index (χ0) is 19.3. The van der Waals surface area contributed by atoms with E-state index in [1.807, 2.05) is 32.0 Å². The summed E-state index contributed by atoms with van der Waals surface area (Å²) in [6, 6.07) is 8.75. The van der Waals surface area contributed by atoms with Gasteiger partial charge in [0.2, 0.25) is 5.91 Å². The van der Waals surface area contributed by atoms with E-state index in [1.54, 1.807) is 32.0 Å². The standard InChI is InChI=1S/C20H23F3N2O/c1-12(2)14-9-13-7-5-6-8-15(13)16(10-14)18(20(21,22)23)25-19(3,4)11-17(26)24-25/h5-10,12,18H,11H2,1-4H3,(H,24,26)/t18-/m0/s1.